The number of likely N-dealkylation sites (tertiary alicyclic amines) is 1. The lowest BCUT2D eigenvalue weighted by Gasteiger charge is -2.18. The van der Waals surface area contributed by atoms with E-state index in [1.807, 2.05) is 47.4 Å². The molecule has 0 radical (unpaired) electrons. The second-order valence-corrected chi connectivity index (χ2v) is 7.09. The van der Waals surface area contributed by atoms with Crippen LogP contribution in [-0.2, 0) is 4.79 Å². The predicted molar refractivity (Wildman–Crippen MR) is 102 cm³/mol. The minimum atomic E-state index is 0.0439. The van der Waals surface area contributed by atoms with Gasteiger partial charge >= 0.3 is 0 Å². The molecule has 2 N–H and O–H groups in total. The molecule has 1 atom stereocenters. The Balaban J connectivity index is 1.33. The Morgan fingerprint density at radius 1 is 0.885 bits per heavy atom. The summed E-state index contributed by atoms with van der Waals surface area (Å²) < 4.78 is 0. The molecule has 2 aliphatic rings. The Morgan fingerprint density at radius 2 is 1.62 bits per heavy atom. The summed E-state index contributed by atoms with van der Waals surface area (Å²) in [7, 11) is 0. The highest BCUT2D eigenvalue weighted by atomic mass is 16.2. The monoisotopic (exact) mass is 349 g/mol. The Hall–Kier alpha value is -2.82. The van der Waals surface area contributed by atoms with Gasteiger partial charge in [0.2, 0.25) is 5.91 Å². The van der Waals surface area contributed by atoms with E-state index in [9.17, 15) is 9.59 Å². The average molecular weight is 349 g/mol. The maximum Gasteiger partial charge on any atom is 0.253 e. The van der Waals surface area contributed by atoms with E-state index in [1.165, 1.54) is 0 Å². The molecule has 0 aromatic heterocycles. The van der Waals surface area contributed by atoms with Crippen molar-refractivity contribution in [3.63, 3.8) is 0 Å². The van der Waals surface area contributed by atoms with Gasteiger partial charge in [0.25, 0.3) is 5.91 Å². The minimum absolute atomic E-state index is 0.0439. The molecule has 1 aliphatic heterocycles. The van der Waals surface area contributed by atoms with E-state index >= 15 is 0 Å². The molecule has 0 bridgehead atoms. The summed E-state index contributed by atoms with van der Waals surface area (Å²) in [6.07, 6.45) is 2.90. The number of hydrogen-bond donors (Lipinski definition) is 2. The van der Waals surface area contributed by atoms with Crippen molar-refractivity contribution in [1.82, 2.24) is 4.90 Å². The first-order valence-corrected chi connectivity index (χ1v) is 9.21. The number of benzene rings is 2. The molecule has 4 rings (SSSR count). The van der Waals surface area contributed by atoms with E-state index < -0.39 is 0 Å². The summed E-state index contributed by atoms with van der Waals surface area (Å²) in [5.41, 5.74) is 2.50. The summed E-state index contributed by atoms with van der Waals surface area (Å²) in [6.45, 7) is 1.46. The molecule has 5 nitrogen and oxygen atoms in total. The van der Waals surface area contributed by atoms with Gasteiger partial charge in [0.15, 0.2) is 0 Å². The lowest BCUT2D eigenvalue weighted by atomic mass is 10.2. The zero-order chi connectivity index (χ0) is 17.9. The van der Waals surface area contributed by atoms with Gasteiger partial charge in [-0.15, -0.1) is 0 Å². The molecular formula is C21H23N3O2. The number of para-hydroxylation sites is 1. The first-order valence-electron chi connectivity index (χ1n) is 9.21. The summed E-state index contributed by atoms with van der Waals surface area (Å²) in [5.74, 6) is 0.302. The third kappa shape index (κ3) is 3.87. The number of anilines is 2. The summed E-state index contributed by atoms with van der Waals surface area (Å²) in [6, 6.07) is 17.6. The molecule has 0 spiro atoms. The maximum absolute atomic E-state index is 12.7. The number of hydrogen-bond acceptors (Lipinski definition) is 3. The second kappa shape index (κ2) is 7.20. The highest BCUT2D eigenvalue weighted by Gasteiger charge is 2.30. The highest BCUT2D eigenvalue weighted by molar-refractivity contribution is 5.97. The molecule has 2 aromatic rings. The Bertz CT molecular complexity index is 785. The fraction of sp³-hybridized carbons (Fsp3) is 0.333. The van der Waals surface area contributed by atoms with Gasteiger partial charge in [-0.3, -0.25) is 9.59 Å². The molecule has 0 unspecified atom stereocenters. The Labute approximate surface area is 153 Å². The fourth-order valence-electron chi connectivity index (χ4n) is 3.30. The van der Waals surface area contributed by atoms with Gasteiger partial charge < -0.3 is 15.5 Å². The van der Waals surface area contributed by atoms with Crippen LogP contribution in [0.5, 0.6) is 0 Å². The van der Waals surface area contributed by atoms with Crippen LogP contribution < -0.4 is 10.6 Å². The van der Waals surface area contributed by atoms with Gasteiger partial charge in [-0.2, -0.15) is 0 Å². The zero-order valence-electron chi connectivity index (χ0n) is 14.7. The first kappa shape index (κ1) is 16.6. The quantitative estimate of drug-likeness (QED) is 0.870. The Morgan fingerprint density at radius 3 is 2.31 bits per heavy atom. The van der Waals surface area contributed by atoms with Crippen molar-refractivity contribution < 1.29 is 9.59 Å². The van der Waals surface area contributed by atoms with Crippen molar-refractivity contribution in [2.45, 2.75) is 25.3 Å². The van der Waals surface area contributed by atoms with Gasteiger partial charge in [0.05, 0.1) is 0 Å². The van der Waals surface area contributed by atoms with Crippen molar-refractivity contribution in [2.24, 2.45) is 5.92 Å². The molecule has 1 heterocycles. The number of rotatable bonds is 5. The fourth-order valence-corrected chi connectivity index (χ4v) is 3.30. The second-order valence-electron chi connectivity index (χ2n) is 7.09. The third-order valence-corrected chi connectivity index (χ3v) is 4.97. The van der Waals surface area contributed by atoms with E-state index in [-0.39, 0.29) is 23.8 Å². The molecular weight excluding hydrogens is 326 g/mol. The molecule has 2 fully saturated rings. The van der Waals surface area contributed by atoms with Gasteiger partial charge in [-0.25, -0.2) is 0 Å². The smallest absolute Gasteiger partial charge is 0.253 e. The summed E-state index contributed by atoms with van der Waals surface area (Å²) in [4.78, 5) is 26.4. The average Bonchev–Trinajstić information content (AvgIpc) is 3.42. The molecule has 1 saturated heterocycles. The van der Waals surface area contributed by atoms with Gasteiger partial charge in [-0.1, -0.05) is 18.2 Å². The summed E-state index contributed by atoms with van der Waals surface area (Å²) in [5, 5.41) is 6.38. The Kier molecular flexibility index (Phi) is 4.61. The van der Waals surface area contributed by atoms with Crippen molar-refractivity contribution in [3.05, 3.63) is 60.2 Å². The molecule has 2 amide bonds. The summed E-state index contributed by atoms with van der Waals surface area (Å²) >= 11 is 0. The molecule has 26 heavy (non-hydrogen) atoms. The van der Waals surface area contributed by atoms with Crippen LogP contribution in [-0.4, -0.2) is 35.8 Å². The van der Waals surface area contributed by atoms with E-state index in [0.29, 0.717) is 12.1 Å². The van der Waals surface area contributed by atoms with Crippen molar-refractivity contribution in [1.29, 1.82) is 0 Å². The number of nitrogens with zero attached hydrogens (tertiary/aromatic N) is 1. The number of amides is 2. The number of nitrogens with one attached hydrogen (secondary N) is 2. The van der Waals surface area contributed by atoms with Crippen LogP contribution >= 0.6 is 0 Å². The lowest BCUT2D eigenvalue weighted by molar-refractivity contribution is -0.117. The zero-order valence-corrected chi connectivity index (χ0v) is 14.7. The predicted octanol–water partition coefficient (Wildman–Crippen LogP) is 3.36. The van der Waals surface area contributed by atoms with Crippen LogP contribution in [0.3, 0.4) is 0 Å². The van der Waals surface area contributed by atoms with Crippen LogP contribution in [0.15, 0.2) is 54.6 Å². The van der Waals surface area contributed by atoms with Gasteiger partial charge in [-0.05, 0) is 55.7 Å². The van der Waals surface area contributed by atoms with Crippen molar-refractivity contribution in [3.8, 4) is 0 Å². The molecule has 1 aliphatic carbocycles. The third-order valence-electron chi connectivity index (χ3n) is 4.97. The van der Waals surface area contributed by atoms with Crippen LogP contribution in [0.25, 0.3) is 0 Å². The van der Waals surface area contributed by atoms with Crippen LogP contribution in [0.4, 0.5) is 11.4 Å². The lowest BCUT2D eigenvalue weighted by Crippen LogP contribution is -2.31. The minimum Gasteiger partial charge on any atom is -0.380 e. The SMILES string of the molecule is O=C(Nc1ccc(C(=O)N2CC[C@@H](Nc3ccccc3)C2)cc1)C1CC1. The van der Waals surface area contributed by atoms with E-state index in [0.717, 1.165) is 37.2 Å². The van der Waals surface area contributed by atoms with Gasteiger partial charge in [0.1, 0.15) is 0 Å². The topological polar surface area (TPSA) is 61.4 Å². The first-order chi connectivity index (χ1) is 12.7. The molecule has 5 heteroatoms. The molecule has 2 aromatic carbocycles. The maximum atomic E-state index is 12.7. The van der Waals surface area contributed by atoms with Crippen molar-refractivity contribution in [2.75, 3.05) is 23.7 Å². The van der Waals surface area contributed by atoms with E-state index in [1.54, 1.807) is 12.1 Å². The highest BCUT2D eigenvalue weighted by Crippen LogP contribution is 2.30. The van der Waals surface area contributed by atoms with E-state index in [2.05, 4.69) is 10.6 Å². The van der Waals surface area contributed by atoms with Crippen LogP contribution in [0.1, 0.15) is 29.6 Å². The number of carbonyl (C=O) groups excluding carboxylic acids is 2. The van der Waals surface area contributed by atoms with Crippen LogP contribution in [0.2, 0.25) is 0 Å². The standard InChI is InChI=1S/C21H23N3O2/c25-20(15-6-7-15)23-18-10-8-16(9-11-18)21(26)24-13-12-19(14-24)22-17-4-2-1-3-5-17/h1-5,8-11,15,19,22H,6-7,12-14H2,(H,23,25)/t19-/m1/s1. The normalized spacial score (nSPS) is 19.2. The van der Waals surface area contributed by atoms with Crippen molar-refractivity contribution >= 4 is 23.2 Å². The van der Waals surface area contributed by atoms with Crippen LogP contribution in [0, 0.1) is 5.92 Å². The molecule has 1 saturated carbocycles. The largest absolute Gasteiger partial charge is 0.380 e. The van der Waals surface area contributed by atoms with Gasteiger partial charge in [0, 0.05) is 42.0 Å². The molecule has 134 valence electrons. The number of carbonyl (C=O) groups is 2. The van der Waals surface area contributed by atoms with E-state index in [4.69, 9.17) is 0 Å².